The van der Waals surface area contributed by atoms with Crippen molar-refractivity contribution in [2.45, 2.75) is 18.6 Å². The molecule has 0 saturated carbocycles. The van der Waals surface area contributed by atoms with Crippen molar-refractivity contribution >= 4 is 11.4 Å². The summed E-state index contributed by atoms with van der Waals surface area (Å²) < 4.78 is 5.38. The molecular weight excluding hydrogens is 204 g/mol. The van der Waals surface area contributed by atoms with Crippen LogP contribution in [-0.4, -0.2) is 37.3 Å². The third-order valence-electron chi connectivity index (χ3n) is 2.95. The van der Waals surface area contributed by atoms with Crippen LogP contribution in [0.3, 0.4) is 0 Å². The molecule has 0 spiro atoms. The van der Waals surface area contributed by atoms with Crippen LogP contribution in [0.5, 0.6) is 0 Å². The molecule has 1 aliphatic rings. The molecule has 5 nitrogen and oxygen atoms in total. The second-order valence-corrected chi connectivity index (χ2v) is 4.19. The van der Waals surface area contributed by atoms with Gasteiger partial charge in [-0.05, 0) is 12.5 Å². The molecular formula is C11H18N4O. The van der Waals surface area contributed by atoms with E-state index in [4.69, 9.17) is 16.2 Å². The van der Waals surface area contributed by atoms with E-state index in [2.05, 4.69) is 9.88 Å². The van der Waals surface area contributed by atoms with Crippen LogP contribution in [0.4, 0.5) is 11.4 Å². The zero-order chi connectivity index (χ0) is 11.5. The zero-order valence-corrected chi connectivity index (χ0v) is 9.47. The van der Waals surface area contributed by atoms with Crippen LogP contribution < -0.4 is 16.4 Å². The molecule has 2 heterocycles. The molecule has 5 heteroatoms. The molecule has 0 amide bonds. The number of methoxy groups -OCH3 is 1. The number of ether oxygens (including phenoxy) is 1. The summed E-state index contributed by atoms with van der Waals surface area (Å²) in [6.45, 7) is 1.65. The van der Waals surface area contributed by atoms with Crippen molar-refractivity contribution in [3.63, 3.8) is 0 Å². The van der Waals surface area contributed by atoms with Crippen molar-refractivity contribution in [3.05, 3.63) is 18.5 Å². The van der Waals surface area contributed by atoms with Crippen molar-refractivity contribution in [3.8, 4) is 0 Å². The standard InChI is InChI=1S/C11H18N4O/c1-16-9-4-8(12)6-15(7-9)11-2-3-14-5-10(11)13/h2-3,5,8-9H,4,6-7,12-13H2,1H3. The van der Waals surface area contributed by atoms with Crippen LogP contribution in [0.15, 0.2) is 18.5 Å². The van der Waals surface area contributed by atoms with Crippen LogP contribution in [0.1, 0.15) is 6.42 Å². The highest BCUT2D eigenvalue weighted by atomic mass is 16.5. The summed E-state index contributed by atoms with van der Waals surface area (Å²) in [4.78, 5) is 6.15. The Labute approximate surface area is 95.4 Å². The van der Waals surface area contributed by atoms with E-state index in [0.29, 0.717) is 5.69 Å². The van der Waals surface area contributed by atoms with Gasteiger partial charge in [0.05, 0.1) is 23.7 Å². The second kappa shape index (κ2) is 4.67. The smallest absolute Gasteiger partial charge is 0.0761 e. The number of nitrogen functional groups attached to an aromatic ring is 1. The van der Waals surface area contributed by atoms with Gasteiger partial charge in [-0.25, -0.2) is 0 Å². The Hall–Kier alpha value is -1.33. The van der Waals surface area contributed by atoms with Crippen molar-refractivity contribution < 1.29 is 4.74 Å². The van der Waals surface area contributed by atoms with E-state index >= 15 is 0 Å². The first-order valence-corrected chi connectivity index (χ1v) is 5.43. The van der Waals surface area contributed by atoms with Crippen LogP contribution in [-0.2, 0) is 4.74 Å². The molecule has 0 radical (unpaired) electrons. The van der Waals surface area contributed by atoms with E-state index in [0.717, 1.165) is 25.2 Å². The fraction of sp³-hybridized carbons (Fsp3) is 0.545. The average molecular weight is 222 g/mol. The predicted octanol–water partition coefficient (Wildman–Crippen LogP) is 0.216. The van der Waals surface area contributed by atoms with E-state index in [9.17, 15) is 0 Å². The summed E-state index contributed by atoms with van der Waals surface area (Å²) >= 11 is 0. The van der Waals surface area contributed by atoms with Gasteiger partial charge in [0.25, 0.3) is 0 Å². The molecule has 4 N–H and O–H groups in total. The number of rotatable bonds is 2. The maximum absolute atomic E-state index is 6.00. The minimum atomic E-state index is 0.131. The zero-order valence-electron chi connectivity index (χ0n) is 9.47. The molecule has 0 aromatic carbocycles. The van der Waals surface area contributed by atoms with Crippen LogP contribution in [0.25, 0.3) is 0 Å². The molecule has 0 bridgehead atoms. The fourth-order valence-electron chi connectivity index (χ4n) is 2.14. The average Bonchev–Trinajstić information content (AvgIpc) is 2.28. The number of nitrogens with two attached hydrogens (primary N) is 2. The van der Waals surface area contributed by atoms with Gasteiger partial charge in [0, 0.05) is 32.4 Å². The van der Waals surface area contributed by atoms with Gasteiger partial charge in [-0.2, -0.15) is 0 Å². The van der Waals surface area contributed by atoms with E-state index in [1.165, 1.54) is 0 Å². The maximum atomic E-state index is 6.00. The van der Waals surface area contributed by atoms with Crippen molar-refractivity contribution in [1.29, 1.82) is 0 Å². The molecule has 0 aliphatic carbocycles. The largest absolute Gasteiger partial charge is 0.396 e. The first kappa shape index (κ1) is 11.2. The second-order valence-electron chi connectivity index (χ2n) is 4.19. The summed E-state index contributed by atoms with van der Waals surface area (Å²) in [6, 6.07) is 2.05. The van der Waals surface area contributed by atoms with Gasteiger partial charge in [0.2, 0.25) is 0 Å². The molecule has 1 aromatic heterocycles. The highest BCUT2D eigenvalue weighted by Gasteiger charge is 2.25. The molecule has 2 atom stereocenters. The Balaban J connectivity index is 2.17. The summed E-state index contributed by atoms with van der Waals surface area (Å²) in [5.41, 5.74) is 13.6. The Morgan fingerprint density at radius 1 is 1.50 bits per heavy atom. The number of hydrogen-bond donors (Lipinski definition) is 2. The van der Waals surface area contributed by atoms with Gasteiger partial charge < -0.3 is 21.1 Å². The monoisotopic (exact) mass is 222 g/mol. The van der Waals surface area contributed by atoms with Crippen molar-refractivity contribution in [1.82, 2.24) is 4.98 Å². The Morgan fingerprint density at radius 2 is 2.31 bits per heavy atom. The molecule has 1 aromatic rings. The van der Waals surface area contributed by atoms with Crippen LogP contribution >= 0.6 is 0 Å². The molecule has 1 aliphatic heterocycles. The SMILES string of the molecule is COC1CC(N)CN(c2ccncc2N)C1. The first-order valence-electron chi connectivity index (χ1n) is 5.43. The Morgan fingerprint density at radius 3 is 3.00 bits per heavy atom. The number of pyridine rings is 1. The number of nitrogens with zero attached hydrogens (tertiary/aromatic N) is 2. The van der Waals surface area contributed by atoms with Crippen LogP contribution in [0.2, 0.25) is 0 Å². The van der Waals surface area contributed by atoms with E-state index in [1.54, 1.807) is 19.5 Å². The third-order valence-corrected chi connectivity index (χ3v) is 2.95. The minimum absolute atomic E-state index is 0.131. The van der Waals surface area contributed by atoms with E-state index in [1.807, 2.05) is 6.07 Å². The lowest BCUT2D eigenvalue weighted by Crippen LogP contribution is -2.50. The normalized spacial score (nSPS) is 25.8. The van der Waals surface area contributed by atoms with Crippen LogP contribution in [0, 0.1) is 0 Å². The lowest BCUT2D eigenvalue weighted by Gasteiger charge is -2.37. The topological polar surface area (TPSA) is 77.4 Å². The summed E-state index contributed by atoms with van der Waals surface area (Å²) in [7, 11) is 1.72. The highest BCUT2D eigenvalue weighted by Crippen LogP contribution is 2.25. The first-order chi connectivity index (χ1) is 7.70. The van der Waals surface area contributed by atoms with Gasteiger partial charge in [-0.3, -0.25) is 4.98 Å². The number of anilines is 2. The molecule has 88 valence electrons. The number of piperidine rings is 1. The van der Waals surface area contributed by atoms with Gasteiger partial charge in [0.15, 0.2) is 0 Å². The summed E-state index contributed by atoms with van der Waals surface area (Å²) in [5.74, 6) is 0. The quantitative estimate of drug-likeness (QED) is 0.748. The number of aromatic nitrogens is 1. The third kappa shape index (κ3) is 2.25. The molecule has 2 unspecified atom stereocenters. The van der Waals surface area contributed by atoms with E-state index in [-0.39, 0.29) is 12.1 Å². The van der Waals surface area contributed by atoms with Gasteiger partial charge >= 0.3 is 0 Å². The summed E-state index contributed by atoms with van der Waals surface area (Å²) in [5, 5.41) is 0. The molecule has 2 rings (SSSR count). The molecule has 1 saturated heterocycles. The minimum Gasteiger partial charge on any atom is -0.396 e. The highest BCUT2D eigenvalue weighted by molar-refractivity contribution is 5.66. The van der Waals surface area contributed by atoms with E-state index < -0.39 is 0 Å². The maximum Gasteiger partial charge on any atom is 0.0761 e. The van der Waals surface area contributed by atoms with Crippen molar-refractivity contribution in [2.24, 2.45) is 5.73 Å². The van der Waals surface area contributed by atoms with Gasteiger partial charge in [-0.1, -0.05) is 0 Å². The van der Waals surface area contributed by atoms with Gasteiger partial charge in [-0.15, -0.1) is 0 Å². The van der Waals surface area contributed by atoms with Gasteiger partial charge in [0.1, 0.15) is 0 Å². The van der Waals surface area contributed by atoms with Crippen molar-refractivity contribution in [2.75, 3.05) is 30.8 Å². The summed E-state index contributed by atoms with van der Waals surface area (Å²) in [6.07, 6.45) is 4.49. The number of hydrogen-bond acceptors (Lipinski definition) is 5. The Kier molecular flexibility index (Phi) is 3.26. The Bertz CT molecular complexity index is 358. The molecule has 1 fully saturated rings. The molecule has 16 heavy (non-hydrogen) atoms. The fourth-order valence-corrected chi connectivity index (χ4v) is 2.14. The predicted molar refractivity (Wildman–Crippen MR) is 64.3 cm³/mol. The lowest BCUT2D eigenvalue weighted by atomic mass is 10.0. The lowest BCUT2D eigenvalue weighted by molar-refractivity contribution is 0.0836.